The van der Waals surface area contributed by atoms with E-state index in [1.54, 1.807) is 30.3 Å². The fraction of sp³-hybridized carbons (Fsp3) is 0. The minimum atomic E-state index is -0.332. The quantitative estimate of drug-likeness (QED) is 0.723. The van der Waals surface area contributed by atoms with Crippen LogP contribution in [-0.4, -0.2) is 16.1 Å². The molecule has 8 heteroatoms. The Morgan fingerprint density at radius 2 is 2.05 bits per heavy atom. The normalized spacial score (nSPS) is 10.6. The van der Waals surface area contributed by atoms with Crippen LogP contribution in [0.3, 0.4) is 0 Å². The molecule has 1 aromatic carbocycles. The minimum Gasteiger partial charge on any atom is -0.402 e. The largest absolute Gasteiger partial charge is 0.402 e. The van der Waals surface area contributed by atoms with Crippen LogP contribution in [0.5, 0.6) is 0 Å². The lowest BCUT2D eigenvalue weighted by molar-refractivity contribution is 0.102. The summed E-state index contributed by atoms with van der Waals surface area (Å²) in [5, 5.41) is 10.2. The SMILES string of the molecule is O=C(Nc1nnc(-c2ccc(Cl)s2)o1)c1ccccc1Br. The maximum Gasteiger partial charge on any atom is 0.322 e. The van der Waals surface area contributed by atoms with E-state index in [4.69, 9.17) is 16.0 Å². The van der Waals surface area contributed by atoms with Crippen molar-refractivity contribution in [1.29, 1.82) is 0 Å². The topological polar surface area (TPSA) is 68.0 Å². The number of rotatable bonds is 3. The van der Waals surface area contributed by atoms with Crippen LogP contribution in [-0.2, 0) is 0 Å². The number of carbonyl (C=O) groups excluding carboxylic acids is 1. The third-order valence-corrected chi connectivity index (χ3v) is 4.46. The third-order valence-electron chi connectivity index (χ3n) is 2.55. The zero-order valence-corrected chi connectivity index (χ0v) is 13.5. The summed E-state index contributed by atoms with van der Waals surface area (Å²) in [6, 6.07) is 10.6. The number of nitrogens with zero attached hydrogens (tertiary/aromatic N) is 2. The summed E-state index contributed by atoms with van der Waals surface area (Å²) in [5.41, 5.74) is 0.483. The molecule has 106 valence electrons. The monoisotopic (exact) mass is 383 g/mol. The van der Waals surface area contributed by atoms with E-state index in [9.17, 15) is 4.79 Å². The Hall–Kier alpha value is -1.70. The zero-order chi connectivity index (χ0) is 14.8. The van der Waals surface area contributed by atoms with Crippen LogP contribution in [0.1, 0.15) is 10.4 Å². The Bertz CT molecular complexity index is 802. The highest BCUT2D eigenvalue weighted by molar-refractivity contribution is 9.10. The van der Waals surface area contributed by atoms with E-state index in [0.29, 0.717) is 20.3 Å². The van der Waals surface area contributed by atoms with Crippen molar-refractivity contribution in [3.8, 4) is 10.8 Å². The van der Waals surface area contributed by atoms with Crippen LogP contribution in [0.2, 0.25) is 4.34 Å². The van der Waals surface area contributed by atoms with Gasteiger partial charge in [-0.3, -0.25) is 10.1 Å². The van der Waals surface area contributed by atoms with E-state index >= 15 is 0 Å². The van der Waals surface area contributed by atoms with Gasteiger partial charge in [-0.05, 0) is 40.2 Å². The van der Waals surface area contributed by atoms with Crippen LogP contribution in [0.25, 0.3) is 10.8 Å². The smallest absolute Gasteiger partial charge is 0.322 e. The van der Waals surface area contributed by atoms with Gasteiger partial charge in [-0.15, -0.1) is 16.4 Å². The summed E-state index contributed by atoms with van der Waals surface area (Å²) >= 11 is 10.5. The minimum absolute atomic E-state index is 0.0373. The maximum atomic E-state index is 12.1. The maximum absolute atomic E-state index is 12.1. The molecule has 3 aromatic rings. The van der Waals surface area contributed by atoms with Gasteiger partial charge in [-0.25, -0.2) is 0 Å². The van der Waals surface area contributed by atoms with Crippen molar-refractivity contribution in [1.82, 2.24) is 10.2 Å². The van der Waals surface area contributed by atoms with E-state index in [1.807, 2.05) is 6.07 Å². The first-order chi connectivity index (χ1) is 10.1. The lowest BCUT2D eigenvalue weighted by atomic mass is 10.2. The van der Waals surface area contributed by atoms with Crippen LogP contribution in [0.4, 0.5) is 6.01 Å². The number of hydrogen-bond donors (Lipinski definition) is 1. The summed E-state index contributed by atoms with van der Waals surface area (Å²) < 4.78 is 6.71. The molecule has 0 aliphatic rings. The van der Waals surface area contributed by atoms with E-state index in [0.717, 1.165) is 4.88 Å². The molecule has 0 atom stereocenters. The average Bonchev–Trinajstić information content (AvgIpc) is 3.08. The zero-order valence-electron chi connectivity index (χ0n) is 10.3. The number of nitrogens with one attached hydrogen (secondary N) is 1. The van der Waals surface area contributed by atoms with Gasteiger partial charge >= 0.3 is 6.01 Å². The summed E-state index contributed by atoms with van der Waals surface area (Å²) in [7, 11) is 0. The van der Waals surface area contributed by atoms with Gasteiger partial charge < -0.3 is 4.42 Å². The van der Waals surface area contributed by atoms with Crippen LogP contribution >= 0.6 is 38.9 Å². The van der Waals surface area contributed by atoms with E-state index < -0.39 is 0 Å². The first kappa shape index (κ1) is 14.2. The molecule has 1 N–H and O–H groups in total. The predicted molar refractivity (Wildman–Crippen MR) is 84.7 cm³/mol. The Morgan fingerprint density at radius 3 is 2.76 bits per heavy atom. The highest BCUT2D eigenvalue weighted by Gasteiger charge is 2.15. The standard InChI is InChI=1S/C13H7BrClN3O2S/c14-8-4-2-1-3-7(8)11(19)16-13-18-17-12(20-13)9-5-6-10(15)21-9/h1-6H,(H,16,18,19). The van der Waals surface area contributed by atoms with Gasteiger partial charge in [0.2, 0.25) is 0 Å². The van der Waals surface area contributed by atoms with Gasteiger partial charge in [0.1, 0.15) is 0 Å². The van der Waals surface area contributed by atoms with Crippen LogP contribution in [0.15, 0.2) is 45.3 Å². The van der Waals surface area contributed by atoms with Crippen molar-refractivity contribution >= 4 is 50.8 Å². The van der Waals surface area contributed by atoms with Crippen molar-refractivity contribution < 1.29 is 9.21 Å². The molecule has 0 bridgehead atoms. The summed E-state index contributed by atoms with van der Waals surface area (Å²) in [5.74, 6) is -0.0174. The van der Waals surface area contributed by atoms with Crippen molar-refractivity contribution in [2.75, 3.05) is 5.32 Å². The number of aromatic nitrogens is 2. The lowest BCUT2D eigenvalue weighted by Crippen LogP contribution is -2.12. The van der Waals surface area contributed by atoms with Gasteiger partial charge in [0.05, 0.1) is 14.8 Å². The fourth-order valence-electron chi connectivity index (χ4n) is 1.61. The van der Waals surface area contributed by atoms with Crippen LogP contribution in [0, 0.1) is 0 Å². The van der Waals surface area contributed by atoms with Gasteiger partial charge in [0.25, 0.3) is 11.8 Å². The molecule has 0 aliphatic carbocycles. The highest BCUT2D eigenvalue weighted by Crippen LogP contribution is 2.30. The van der Waals surface area contributed by atoms with Gasteiger partial charge in [0, 0.05) is 4.47 Å². The van der Waals surface area contributed by atoms with Gasteiger partial charge in [0.15, 0.2) is 0 Å². The molecule has 0 saturated heterocycles. The summed E-state index contributed by atoms with van der Waals surface area (Å²) in [6.45, 7) is 0. The second-order valence-corrected chi connectivity index (χ2v) is 6.52. The Labute approximate surface area is 137 Å². The van der Waals surface area contributed by atoms with Gasteiger partial charge in [-0.2, -0.15) is 0 Å². The number of carbonyl (C=O) groups is 1. The molecule has 2 heterocycles. The molecule has 3 rings (SSSR count). The molecule has 2 aromatic heterocycles. The van der Waals surface area contributed by atoms with E-state index in [1.165, 1.54) is 11.3 Å². The second-order valence-electron chi connectivity index (χ2n) is 3.95. The Morgan fingerprint density at radius 1 is 1.24 bits per heavy atom. The Balaban J connectivity index is 1.79. The molecule has 5 nitrogen and oxygen atoms in total. The summed E-state index contributed by atoms with van der Waals surface area (Å²) in [4.78, 5) is 12.8. The molecular weight excluding hydrogens is 378 g/mol. The van der Waals surface area contributed by atoms with Crippen molar-refractivity contribution in [3.63, 3.8) is 0 Å². The van der Waals surface area contributed by atoms with E-state index in [-0.39, 0.29) is 11.9 Å². The van der Waals surface area contributed by atoms with E-state index in [2.05, 4.69) is 31.4 Å². The molecule has 0 radical (unpaired) electrons. The third kappa shape index (κ3) is 3.15. The van der Waals surface area contributed by atoms with Gasteiger partial charge in [-0.1, -0.05) is 28.8 Å². The number of benzene rings is 1. The Kier molecular flexibility index (Phi) is 4.05. The number of hydrogen-bond acceptors (Lipinski definition) is 5. The molecule has 0 unspecified atom stereocenters. The second kappa shape index (κ2) is 5.97. The highest BCUT2D eigenvalue weighted by atomic mass is 79.9. The number of thiophene rings is 1. The first-order valence-electron chi connectivity index (χ1n) is 5.78. The van der Waals surface area contributed by atoms with Crippen LogP contribution < -0.4 is 5.32 Å². The molecule has 1 amide bonds. The molecule has 0 saturated carbocycles. The molecular formula is C13H7BrClN3O2S. The summed E-state index contributed by atoms with van der Waals surface area (Å²) in [6.07, 6.45) is 0. The van der Waals surface area contributed by atoms with Crippen molar-refractivity contribution in [3.05, 3.63) is 50.8 Å². The van der Waals surface area contributed by atoms with Crippen molar-refractivity contribution in [2.45, 2.75) is 0 Å². The van der Waals surface area contributed by atoms with Crippen molar-refractivity contribution in [2.24, 2.45) is 0 Å². The fourth-order valence-corrected chi connectivity index (χ4v) is 3.04. The molecule has 0 fully saturated rings. The molecule has 21 heavy (non-hydrogen) atoms. The predicted octanol–water partition coefficient (Wildman–Crippen LogP) is 4.47. The molecule has 0 aliphatic heterocycles. The first-order valence-corrected chi connectivity index (χ1v) is 7.77. The average molecular weight is 385 g/mol. The number of anilines is 1. The number of amides is 1. The number of halogens is 2. The molecule has 0 spiro atoms. The lowest BCUT2D eigenvalue weighted by Gasteiger charge is -2.02.